The fraction of sp³-hybridized carbons (Fsp3) is 0.273. The van der Waals surface area contributed by atoms with Crippen LogP contribution in [0.2, 0.25) is 0 Å². The largest absolute Gasteiger partial charge is 0.324 e. The Bertz CT molecular complexity index is 193. The summed E-state index contributed by atoms with van der Waals surface area (Å²) in [5, 5.41) is 0. The zero-order valence-electron chi connectivity index (χ0n) is 7.66. The Hall–Kier alpha value is -1.08. The Morgan fingerprint density at radius 3 is 2.17 bits per heavy atom. The van der Waals surface area contributed by atoms with Crippen LogP contribution in [-0.4, -0.2) is 0 Å². The average Bonchev–Trinajstić information content (AvgIpc) is 2.21. The minimum atomic E-state index is 0.209. The second-order valence-electron chi connectivity index (χ2n) is 2.43. The van der Waals surface area contributed by atoms with E-state index in [1.165, 1.54) is 5.56 Å². The van der Waals surface area contributed by atoms with Crippen molar-refractivity contribution >= 4 is 0 Å². The van der Waals surface area contributed by atoms with Crippen molar-refractivity contribution in [1.82, 2.24) is 0 Å². The quantitative estimate of drug-likeness (QED) is 0.666. The molecule has 0 aliphatic carbocycles. The third-order valence-corrected chi connectivity index (χ3v) is 1.67. The van der Waals surface area contributed by atoms with Gasteiger partial charge in [-0.2, -0.15) is 0 Å². The van der Waals surface area contributed by atoms with E-state index in [4.69, 9.17) is 5.73 Å². The van der Waals surface area contributed by atoms with E-state index in [9.17, 15) is 0 Å². The van der Waals surface area contributed by atoms with Crippen molar-refractivity contribution in [3.8, 4) is 0 Å². The van der Waals surface area contributed by atoms with Crippen LogP contribution in [0, 0.1) is 0 Å². The number of benzene rings is 1. The van der Waals surface area contributed by atoms with Gasteiger partial charge in [0, 0.05) is 6.04 Å². The van der Waals surface area contributed by atoms with E-state index in [2.05, 4.69) is 32.2 Å². The van der Waals surface area contributed by atoms with Crippen molar-refractivity contribution in [3.63, 3.8) is 0 Å². The van der Waals surface area contributed by atoms with E-state index >= 15 is 0 Å². The Balaban J connectivity index is 0.000000561. The van der Waals surface area contributed by atoms with Gasteiger partial charge in [-0.05, 0) is 12.0 Å². The number of rotatable bonds is 2. The third-order valence-electron chi connectivity index (χ3n) is 1.67. The fourth-order valence-corrected chi connectivity index (χ4v) is 0.936. The van der Waals surface area contributed by atoms with Crippen molar-refractivity contribution < 1.29 is 0 Å². The highest BCUT2D eigenvalue weighted by Gasteiger charge is 1.99. The lowest BCUT2D eigenvalue weighted by atomic mass is 10.1. The molecule has 0 aliphatic rings. The van der Waals surface area contributed by atoms with Crippen molar-refractivity contribution in [2.45, 2.75) is 19.4 Å². The lowest BCUT2D eigenvalue weighted by molar-refractivity contribution is 0.699. The van der Waals surface area contributed by atoms with Crippen LogP contribution >= 0.6 is 0 Å². The van der Waals surface area contributed by atoms with Gasteiger partial charge < -0.3 is 5.73 Å². The summed E-state index contributed by atoms with van der Waals surface area (Å²) in [6.45, 7) is 8.09. The van der Waals surface area contributed by atoms with Crippen LogP contribution in [0.3, 0.4) is 0 Å². The van der Waals surface area contributed by atoms with Crippen molar-refractivity contribution in [3.05, 3.63) is 49.1 Å². The smallest absolute Gasteiger partial charge is 0.0292 e. The molecule has 0 bridgehead atoms. The van der Waals surface area contributed by atoms with E-state index in [1.807, 2.05) is 18.2 Å². The van der Waals surface area contributed by atoms with Gasteiger partial charge in [0.1, 0.15) is 0 Å². The van der Waals surface area contributed by atoms with E-state index in [1.54, 1.807) is 0 Å². The first-order chi connectivity index (χ1) is 5.84. The molecule has 0 saturated heterocycles. The third kappa shape index (κ3) is 3.35. The maximum Gasteiger partial charge on any atom is 0.0292 e. The number of hydrogen-bond donors (Lipinski definition) is 1. The average molecular weight is 163 g/mol. The summed E-state index contributed by atoms with van der Waals surface area (Å²) in [6, 6.07) is 10.4. The van der Waals surface area contributed by atoms with Gasteiger partial charge in [0.15, 0.2) is 0 Å². The predicted molar refractivity (Wildman–Crippen MR) is 54.9 cm³/mol. The Morgan fingerprint density at radius 1 is 1.25 bits per heavy atom. The molecule has 0 aromatic heterocycles. The molecule has 1 atom stereocenters. The van der Waals surface area contributed by atoms with Crippen molar-refractivity contribution in [1.29, 1.82) is 0 Å². The molecule has 0 spiro atoms. The maximum atomic E-state index is 5.79. The summed E-state index contributed by atoms with van der Waals surface area (Å²) in [4.78, 5) is 0. The summed E-state index contributed by atoms with van der Waals surface area (Å²) in [7, 11) is 0. The molecule has 0 radical (unpaired) electrons. The lowest BCUT2D eigenvalue weighted by Crippen LogP contribution is -2.07. The maximum absolute atomic E-state index is 5.79. The molecule has 1 aromatic carbocycles. The highest BCUT2D eigenvalue weighted by Crippen LogP contribution is 2.11. The van der Waals surface area contributed by atoms with Gasteiger partial charge >= 0.3 is 0 Å². The van der Waals surface area contributed by atoms with Crippen LogP contribution in [-0.2, 0) is 0 Å². The lowest BCUT2D eigenvalue weighted by Gasteiger charge is -2.06. The fourth-order valence-electron chi connectivity index (χ4n) is 0.936. The minimum absolute atomic E-state index is 0.209. The summed E-state index contributed by atoms with van der Waals surface area (Å²) in [6.07, 6.45) is 1.00. The monoisotopic (exact) mass is 163 g/mol. The first kappa shape index (κ1) is 10.9. The minimum Gasteiger partial charge on any atom is -0.324 e. The van der Waals surface area contributed by atoms with Crippen LogP contribution < -0.4 is 5.73 Å². The van der Waals surface area contributed by atoms with Gasteiger partial charge in [0.2, 0.25) is 0 Å². The number of nitrogens with two attached hydrogens (primary N) is 1. The molecule has 0 aliphatic heterocycles. The van der Waals surface area contributed by atoms with Gasteiger partial charge in [0.05, 0.1) is 0 Å². The summed E-state index contributed by atoms with van der Waals surface area (Å²) in [5.74, 6) is 0. The van der Waals surface area contributed by atoms with Crippen molar-refractivity contribution in [2.24, 2.45) is 5.73 Å². The van der Waals surface area contributed by atoms with Gasteiger partial charge in [-0.25, -0.2) is 0 Å². The molecule has 1 rings (SSSR count). The molecule has 1 nitrogen and oxygen atoms in total. The summed E-state index contributed by atoms with van der Waals surface area (Å²) < 4.78 is 0. The van der Waals surface area contributed by atoms with Crippen LogP contribution in [0.4, 0.5) is 0 Å². The van der Waals surface area contributed by atoms with Gasteiger partial charge in [-0.3, -0.25) is 0 Å². The SMILES string of the molecule is C=C.CCC(N)c1ccccc1. The predicted octanol–water partition coefficient (Wildman–Crippen LogP) is 2.90. The molecule has 1 unspecified atom stereocenters. The molecule has 0 amide bonds. The summed E-state index contributed by atoms with van der Waals surface area (Å²) >= 11 is 0. The standard InChI is InChI=1S/C9H13N.C2H4/c1-2-9(10)8-6-4-3-5-7-8;1-2/h3-7,9H,2,10H2,1H3;1-2H2. The zero-order chi connectivity index (χ0) is 9.40. The van der Waals surface area contributed by atoms with Gasteiger partial charge in [-0.1, -0.05) is 37.3 Å². The summed E-state index contributed by atoms with van der Waals surface area (Å²) in [5.41, 5.74) is 7.02. The first-order valence-electron chi connectivity index (χ1n) is 4.15. The van der Waals surface area contributed by atoms with Crippen molar-refractivity contribution in [2.75, 3.05) is 0 Å². The topological polar surface area (TPSA) is 26.0 Å². The molecule has 0 heterocycles. The Labute approximate surface area is 74.9 Å². The van der Waals surface area contributed by atoms with Gasteiger partial charge in [-0.15, -0.1) is 13.2 Å². The normalized spacial score (nSPS) is 11.2. The van der Waals surface area contributed by atoms with E-state index in [-0.39, 0.29) is 6.04 Å². The van der Waals surface area contributed by atoms with E-state index < -0.39 is 0 Å². The number of hydrogen-bond acceptors (Lipinski definition) is 1. The van der Waals surface area contributed by atoms with E-state index in [0.717, 1.165) is 6.42 Å². The highest BCUT2D eigenvalue weighted by atomic mass is 14.6. The Morgan fingerprint density at radius 2 is 1.75 bits per heavy atom. The Kier molecular flexibility index (Phi) is 6.02. The molecule has 1 heteroatoms. The molecule has 66 valence electrons. The molecule has 12 heavy (non-hydrogen) atoms. The molecule has 0 fully saturated rings. The van der Waals surface area contributed by atoms with E-state index in [0.29, 0.717) is 0 Å². The zero-order valence-corrected chi connectivity index (χ0v) is 7.66. The first-order valence-corrected chi connectivity index (χ1v) is 4.15. The van der Waals surface area contributed by atoms with Crippen LogP contribution in [0.1, 0.15) is 24.9 Å². The van der Waals surface area contributed by atoms with Gasteiger partial charge in [0.25, 0.3) is 0 Å². The molecular weight excluding hydrogens is 146 g/mol. The second kappa shape index (κ2) is 6.62. The second-order valence-corrected chi connectivity index (χ2v) is 2.43. The van der Waals surface area contributed by atoms with Crippen LogP contribution in [0.15, 0.2) is 43.5 Å². The molecule has 0 saturated carbocycles. The molecule has 2 N–H and O–H groups in total. The highest BCUT2D eigenvalue weighted by molar-refractivity contribution is 5.17. The van der Waals surface area contributed by atoms with Crippen LogP contribution in [0.25, 0.3) is 0 Å². The molecular formula is C11H17N. The van der Waals surface area contributed by atoms with Crippen LogP contribution in [0.5, 0.6) is 0 Å². The molecule has 1 aromatic rings.